The second-order valence-corrected chi connectivity index (χ2v) is 14.0. The molecule has 1 heterocycles. The number of aryl methyl sites for hydroxylation is 1. The molecule has 1 amide bonds. The summed E-state index contributed by atoms with van der Waals surface area (Å²) in [6.45, 7) is 3.35. The van der Waals surface area contributed by atoms with Crippen molar-refractivity contribution in [1.29, 1.82) is 0 Å². The van der Waals surface area contributed by atoms with E-state index in [-0.39, 0.29) is 24.1 Å². The minimum atomic E-state index is -3.63. The Morgan fingerprint density at radius 3 is 2.40 bits per heavy atom. The van der Waals surface area contributed by atoms with Crippen molar-refractivity contribution in [3.8, 4) is 0 Å². The zero-order valence-electron chi connectivity index (χ0n) is 24.2. The highest BCUT2D eigenvalue weighted by Crippen LogP contribution is 2.32. The third-order valence-electron chi connectivity index (χ3n) is 8.92. The average Bonchev–Trinajstić information content (AvgIpc) is 3.01. The van der Waals surface area contributed by atoms with Crippen LogP contribution in [0.25, 0.3) is 10.8 Å². The molecule has 1 fully saturated rings. The Labute approximate surface area is 249 Å². The maximum Gasteiger partial charge on any atom is 0.221 e. The number of likely N-dealkylation sites (tertiary alicyclic amines) is 1. The van der Waals surface area contributed by atoms with E-state index in [1.807, 2.05) is 60.7 Å². The van der Waals surface area contributed by atoms with Crippen LogP contribution in [0.1, 0.15) is 72.7 Å². The van der Waals surface area contributed by atoms with Crippen molar-refractivity contribution in [2.75, 3.05) is 18.8 Å². The standard InChI is InChI=1S/C36H40N2O3S/c39-36(37-35-15-9-14-31-22-27(16-19-34(31)35)25-38-20-7-2-8-21-38)24-32(28-10-3-1-4-11-28)26-42(40,41)33-18-17-29-12-5-6-13-30(29)23-33/h1,3-6,10-13,16-19,22-23,32,35H,2,7-9,14-15,20-21,24-26H2,(H,37,39)/t32-,35+/m1/s1. The molecule has 4 aromatic rings. The zero-order valence-corrected chi connectivity index (χ0v) is 25.0. The number of nitrogens with zero attached hydrogens (tertiary/aromatic N) is 1. The predicted molar refractivity (Wildman–Crippen MR) is 169 cm³/mol. The highest BCUT2D eigenvalue weighted by atomic mass is 32.2. The van der Waals surface area contributed by atoms with E-state index < -0.39 is 15.8 Å². The van der Waals surface area contributed by atoms with Crippen LogP contribution in [0.4, 0.5) is 0 Å². The summed E-state index contributed by atoms with van der Waals surface area (Å²) < 4.78 is 27.3. The maximum absolute atomic E-state index is 13.6. The summed E-state index contributed by atoms with van der Waals surface area (Å²) in [5, 5.41) is 5.17. The van der Waals surface area contributed by atoms with Gasteiger partial charge in [0.25, 0.3) is 0 Å². The molecular formula is C36H40N2O3S. The number of carbonyl (C=O) groups excluding carboxylic acids is 1. The number of benzene rings is 4. The topological polar surface area (TPSA) is 66.5 Å². The highest BCUT2D eigenvalue weighted by Gasteiger charge is 2.28. The Bertz CT molecular complexity index is 1650. The van der Waals surface area contributed by atoms with Crippen molar-refractivity contribution < 1.29 is 13.2 Å². The summed E-state index contributed by atoms with van der Waals surface area (Å²) in [4.78, 5) is 16.4. The first-order chi connectivity index (χ1) is 20.4. The molecule has 1 N–H and O–H groups in total. The molecule has 0 bridgehead atoms. The summed E-state index contributed by atoms with van der Waals surface area (Å²) in [7, 11) is -3.63. The zero-order chi connectivity index (χ0) is 28.9. The number of sulfone groups is 1. The molecule has 2 aliphatic rings. The lowest BCUT2D eigenvalue weighted by Crippen LogP contribution is -2.33. The maximum atomic E-state index is 13.6. The number of piperidine rings is 1. The molecule has 0 spiro atoms. The second-order valence-electron chi connectivity index (χ2n) is 12.0. The molecular weight excluding hydrogens is 540 g/mol. The monoisotopic (exact) mass is 580 g/mol. The van der Waals surface area contributed by atoms with Crippen LogP contribution in [0.2, 0.25) is 0 Å². The fourth-order valence-electron chi connectivity index (χ4n) is 6.69. The van der Waals surface area contributed by atoms with Gasteiger partial charge in [0.2, 0.25) is 5.91 Å². The minimum absolute atomic E-state index is 0.0428. The van der Waals surface area contributed by atoms with Gasteiger partial charge in [-0.05, 0) is 90.4 Å². The number of nitrogens with one attached hydrogen (secondary N) is 1. The van der Waals surface area contributed by atoms with Gasteiger partial charge in [0.1, 0.15) is 0 Å². The molecule has 0 saturated carbocycles. The van der Waals surface area contributed by atoms with Gasteiger partial charge in [0.15, 0.2) is 9.84 Å². The normalized spacial score (nSPS) is 18.3. The van der Waals surface area contributed by atoms with E-state index in [0.717, 1.165) is 42.1 Å². The molecule has 5 nitrogen and oxygen atoms in total. The van der Waals surface area contributed by atoms with Gasteiger partial charge in [0, 0.05) is 18.9 Å². The molecule has 42 heavy (non-hydrogen) atoms. The quantitative estimate of drug-likeness (QED) is 0.232. The molecule has 1 saturated heterocycles. The van der Waals surface area contributed by atoms with Crippen LogP contribution in [0.5, 0.6) is 0 Å². The van der Waals surface area contributed by atoms with Crippen LogP contribution in [0.15, 0.2) is 95.9 Å². The van der Waals surface area contributed by atoms with Crippen LogP contribution < -0.4 is 5.32 Å². The van der Waals surface area contributed by atoms with Gasteiger partial charge >= 0.3 is 0 Å². The van der Waals surface area contributed by atoms with E-state index in [0.29, 0.717) is 4.90 Å². The van der Waals surface area contributed by atoms with Crippen LogP contribution in [-0.2, 0) is 27.6 Å². The van der Waals surface area contributed by atoms with Gasteiger partial charge < -0.3 is 5.32 Å². The fraction of sp³-hybridized carbons (Fsp3) is 0.361. The van der Waals surface area contributed by atoms with Crippen molar-refractivity contribution in [2.24, 2.45) is 0 Å². The third kappa shape index (κ3) is 6.77. The number of fused-ring (bicyclic) bond motifs is 2. The Morgan fingerprint density at radius 1 is 0.833 bits per heavy atom. The SMILES string of the molecule is O=C(C[C@H](CS(=O)(=O)c1ccc2ccccc2c1)c1ccccc1)N[C@H]1CCCc2cc(CN3CCCCC3)ccc21. The van der Waals surface area contributed by atoms with Crippen molar-refractivity contribution in [1.82, 2.24) is 10.2 Å². The second kappa shape index (κ2) is 12.8. The van der Waals surface area contributed by atoms with E-state index in [1.165, 1.54) is 49.0 Å². The fourth-order valence-corrected chi connectivity index (χ4v) is 8.30. The number of hydrogen-bond acceptors (Lipinski definition) is 4. The van der Waals surface area contributed by atoms with Gasteiger partial charge in [-0.25, -0.2) is 8.42 Å². The van der Waals surface area contributed by atoms with Gasteiger partial charge in [-0.2, -0.15) is 0 Å². The van der Waals surface area contributed by atoms with Crippen LogP contribution >= 0.6 is 0 Å². The van der Waals surface area contributed by atoms with Crippen LogP contribution in [0.3, 0.4) is 0 Å². The molecule has 6 heteroatoms. The summed E-state index contributed by atoms with van der Waals surface area (Å²) in [6, 6.07) is 29.3. The lowest BCUT2D eigenvalue weighted by atomic mass is 9.86. The van der Waals surface area contributed by atoms with Crippen molar-refractivity contribution in [3.05, 3.63) is 113 Å². The molecule has 2 atom stereocenters. The van der Waals surface area contributed by atoms with Gasteiger partial charge in [-0.15, -0.1) is 0 Å². The molecule has 1 aliphatic heterocycles. The first-order valence-corrected chi connectivity index (χ1v) is 17.0. The van der Waals surface area contributed by atoms with Crippen LogP contribution in [0, 0.1) is 0 Å². The number of amides is 1. The number of rotatable bonds is 9. The predicted octanol–water partition coefficient (Wildman–Crippen LogP) is 6.97. The summed E-state index contributed by atoms with van der Waals surface area (Å²) >= 11 is 0. The van der Waals surface area contributed by atoms with E-state index in [4.69, 9.17) is 0 Å². The summed E-state index contributed by atoms with van der Waals surface area (Å²) in [5.74, 6) is -0.672. The smallest absolute Gasteiger partial charge is 0.221 e. The van der Waals surface area contributed by atoms with Gasteiger partial charge in [0.05, 0.1) is 16.7 Å². The Kier molecular flexibility index (Phi) is 8.73. The van der Waals surface area contributed by atoms with E-state index >= 15 is 0 Å². The number of hydrogen-bond donors (Lipinski definition) is 1. The molecule has 1 aliphatic carbocycles. The summed E-state index contributed by atoms with van der Waals surface area (Å²) in [6.07, 6.45) is 6.99. The van der Waals surface area contributed by atoms with Crippen molar-refractivity contribution in [2.45, 2.75) is 68.3 Å². The lowest BCUT2D eigenvalue weighted by Gasteiger charge is -2.29. The Morgan fingerprint density at radius 2 is 1.60 bits per heavy atom. The largest absolute Gasteiger partial charge is 0.349 e. The molecule has 0 unspecified atom stereocenters. The average molecular weight is 581 g/mol. The Balaban J connectivity index is 1.17. The molecule has 4 aromatic carbocycles. The molecule has 218 valence electrons. The molecule has 0 radical (unpaired) electrons. The Hall–Kier alpha value is -3.48. The van der Waals surface area contributed by atoms with E-state index in [9.17, 15) is 13.2 Å². The van der Waals surface area contributed by atoms with Crippen molar-refractivity contribution >= 4 is 26.5 Å². The first-order valence-electron chi connectivity index (χ1n) is 15.3. The lowest BCUT2D eigenvalue weighted by molar-refractivity contribution is -0.122. The van der Waals surface area contributed by atoms with Crippen LogP contribution in [-0.4, -0.2) is 38.1 Å². The molecule has 0 aromatic heterocycles. The highest BCUT2D eigenvalue weighted by molar-refractivity contribution is 7.91. The van der Waals surface area contributed by atoms with E-state index in [2.05, 4.69) is 28.4 Å². The first kappa shape index (κ1) is 28.6. The van der Waals surface area contributed by atoms with Gasteiger partial charge in [-0.3, -0.25) is 9.69 Å². The van der Waals surface area contributed by atoms with Gasteiger partial charge in [-0.1, -0.05) is 85.3 Å². The third-order valence-corrected chi connectivity index (χ3v) is 10.7. The van der Waals surface area contributed by atoms with Crippen molar-refractivity contribution in [3.63, 3.8) is 0 Å². The molecule has 6 rings (SSSR count). The van der Waals surface area contributed by atoms with E-state index in [1.54, 1.807) is 12.1 Å². The number of carbonyl (C=O) groups is 1. The minimum Gasteiger partial charge on any atom is -0.349 e. The summed E-state index contributed by atoms with van der Waals surface area (Å²) in [5.41, 5.74) is 4.76.